The van der Waals surface area contributed by atoms with Crippen LogP contribution in [0.3, 0.4) is 0 Å². The number of halogens is 1. The number of para-hydroxylation sites is 1. The summed E-state index contributed by atoms with van der Waals surface area (Å²) in [4.78, 5) is 15.8. The van der Waals surface area contributed by atoms with Gasteiger partial charge in [0.15, 0.2) is 0 Å². The van der Waals surface area contributed by atoms with Crippen LogP contribution in [0.15, 0.2) is 78.0 Å². The molecule has 0 amide bonds. The lowest BCUT2D eigenvalue weighted by atomic mass is 10.1. The molecule has 3 aromatic carbocycles. The lowest BCUT2D eigenvalue weighted by Crippen LogP contribution is -2.04. The Balaban J connectivity index is 1.58. The number of fused-ring (bicyclic) bond motifs is 1. The molecule has 0 unspecified atom stereocenters. The molecule has 31 heavy (non-hydrogen) atoms. The number of aromatic nitrogens is 1. The van der Waals surface area contributed by atoms with Gasteiger partial charge in [-0.05, 0) is 24.6 Å². The van der Waals surface area contributed by atoms with Crippen molar-refractivity contribution in [3.63, 3.8) is 0 Å². The van der Waals surface area contributed by atoms with Crippen molar-refractivity contribution in [2.45, 2.75) is 20.1 Å². The number of rotatable bonds is 7. The first-order valence-corrected chi connectivity index (χ1v) is 9.74. The van der Waals surface area contributed by atoms with Gasteiger partial charge in [0.25, 0.3) is 5.69 Å². The quantitative estimate of drug-likeness (QED) is 0.223. The van der Waals surface area contributed by atoms with Gasteiger partial charge < -0.3 is 9.40 Å². The molecule has 6 nitrogen and oxygen atoms in total. The molecule has 0 aliphatic carbocycles. The molecule has 0 saturated heterocycles. The lowest BCUT2D eigenvalue weighted by molar-refractivity contribution is -0.384. The Morgan fingerprint density at radius 2 is 1.87 bits per heavy atom. The van der Waals surface area contributed by atoms with Gasteiger partial charge in [-0.25, -0.2) is 4.39 Å². The van der Waals surface area contributed by atoms with Gasteiger partial charge >= 0.3 is 0 Å². The van der Waals surface area contributed by atoms with Gasteiger partial charge in [-0.3, -0.25) is 10.1 Å². The first-order valence-electron chi connectivity index (χ1n) is 9.74. The molecular weight excluding hydrogens is 397 g/mol. The summed E-state index contributed by atoms with van der Waals surface area (Å²) in [6.07, 6.45) is 1.63. The molecule has 0 aliphatic rings. The number of hydrogen-bond acceptors (Lipinski definition) is 4. The van der Waals surface area contributed by atoms with E-state index in [1.54, 1.807) is 30.5 Å². The Hall–Kier alpha value is -4.00. The number of benzene rings is 3. The molecule has 1 heterocycles. The highest BCUT2D eigenvalue weighted by Crippen LogP contribution is 2.26. The molecule has 0 spiro atoms. The summed E-state index contributed by atoms with van der Waals surface area (Å²) in [5.74, 6) is -0.241. The zero-order valence-corrected chi connectivity index (χ0v) is 16.9. The molecule has 0 aliphatic heterocycles. The van der Waals surface area contributed by atoms with E-state index in [4.69, 9.17) is 4.84 Å². The second kappa shape index (κ2) is 8.79. The van der Waals surface area contributed by atoms with E-state index < -0.39 is 4.92 Å². The molecule has 156 valence electrons. The zero-order chi connectivity index (χ0) is 21.8. The van der Waals surface area contributed by atoms with E-state index in [-0.39, 0.29) is 18.1 Å². The van der Waals surface area contributed by atoms with Crippen LogP contribution in [-0.2, 0) is 18.0 Å². The van der Waals surface area contributed by atoms with Crippen LogP contribution in [-0.4, -0.2) is 15.7 Å². The molecule has 1 aromatic heterocycles. The van der Waals surface area contributed by atoms with Gasteiger partial charge in [0.05, 0.1) is 17.7 Å². The summed E-state index contributed by atoms with van der Waals surface area (Å²) >= 11 is 0. The summed E-state index contributed by atoms with van der Waals surface area (Å²) in [7, 11) is 0. The standard InChI is InChI=1S/C24H20FN3O3/c1-17-22(14-26-31-16-18-7-6-9-20(13-18)28(29)30)21-10-3-5-12-24(21)27(17)15-19-8-2-4-11-23(19)25/h2-14H,15-16H2,1H3/b26-14-. The Bertz CT molecular complexity index is 1280. The monoisotopic (exact) mass is 417 g/mol. The van der Waals surface area contributed by atoms with Gasteiger partial charge in [0.1, 0.15) is 12.4 Å². The van der Waals surface area contributed by atoms with Crippen molar-refractivity contribution in [1.29, 1.82) is 0 Å². The molecule has 7 heteroatoms. The molecule has 0 radical (unpaired) electrons. The fraction of sp³-hybridized carbons (Fsp3) is 0.125. The predicted molar refractivity (Wildman–Crippen MR) is 118 cm³/mol. The van der Waals surface area contributed by atoms with Gasteiger partial charge in [0, 0.05) is 39.9 Å². The van der Waals surface area contributed by atoms with Crippen molar-refractivity contribution in [2.24, 2.45) is 5.16 Å². The van der Waals surface area contributed by atoms with Crippen LogP contribution in [0.5, 0.6) is 0 Å². The van der Waals surface area contributed by atoms with E-state index in [2.05, 4.69) is 9.72 Å². The molecule has 0 N–H and O–H groups in total. The Labute approximate surface area is 178 Å². The van der Waals surface area contributed by atoms with Gasteiger partial charge in [0.2, 0.25) is 0 Å². The number of non-ortho nitro benzene ring substituents is 1. The Morgan fingerprint density at radius 3 is 2.68 bits per heavy atom. The van der Waals surface area contributed by atoms with E-state index in [1.807, 2.05) is 37.3 Å². The normalized spacial score (nSPS) is 11.3. The molecule has 4 rings (SSSR count). The van der Waals surface area contributed by atoms with E-state index in [9.17, 15) is 14.5 Å². The minimum atomic E-state index is -0.444. The summed E-state index contributed by atoms with van der Waals surface area (Å²) in [6.45, 7) is 2.48. The molecule has 0 fully saturated rings. The van der Waals surface area contributed by atoms with Crippen molar-refractivity contribution >= 4 is 22.8 Å². The number of nitro benzene ring substituents is 1. The van der Waals surface area contributed by atoms with Crippen molar-refractivity contribution in [3.8, 4) is 0 Å². The van der Waals surface area contributed by atoms with Crippen LogP contribution in [0, 0.1) is 22.9 Å². The van der Waals surface area contributed by atoms with Crippen LogP contribution in [0.2, 0.25) is 0 Å². The first kappa shape index (κ1) is 20.3. The molecule has 0 bridgehead atoms. The average Bonchev–Trinajstić information content (AvgIpc) is 3.04. The van der Waals surface area contributed by atoms with E-state index in [1.165, 1.54) is 18.2 Å². The lowest BCUT2D eigenvalue weighted by Gasteiger charge is -2.09. The fourth-order valence-corrected chi connectivity index (χ4v) is 3.58. The van der Waals surface area contributed by atoms with Gasteiger partial charge in [-0.1, -0.05) is 53.7 Å². The summed E-state index contributed by atoms with van der Waals surface area (Å²) in [5, 5.41) is 16.0. The maximum absolute atomic E-state index is 14.2. The third-order valence-electron chi connectivity index (χ3n) is 5.17. The topological polar surface area (TPSA) is 69.7 Å². The summed E-state index contributed by atoms with van der Waals surface area (Å²) in [6, 6.07) is 20.8. The van der Waals surface area contributed by atoms with Gasteiger partial charge in [-0.15, -0.1) is 0 Å². The number of nitro groups is 1. The minimum Gasteiger partial charge on any atom is -0.391 e. The van der Waals surface area contributed by atoms with Crippen molar-refractivity contribution in [2.75, 3.05) is 0 Å². The third-order valence-corrected chi connectivity index (χ3v) is 5.17. The maximum Gasteiger partial charge on any atom is 0.269 e. The third kappa shape index (κ3) is 4.30. The maximum atomic E-state index is 14.2. The second-order valence-electron chi connectivity index (χ2n) is 7.13. The SMILES string of the molecule is Cc1c(/C=N\OCc2cccc([N+](=O)[O-])c2)c2ccccc2n1Cc1ccccc1F. The van der Waals surface area contributed by atoms with E-state index in [0.717, 1.165) is 22.2 Å². The largest absolute Gasteiger partial charge is 0.391 e. The molecular formula is C24H20FN3O3. The highest BCUT2D eigenvalue weighted by molar-refractivity contribution is 6.01. The number of oxime groups is 1. The second-order valence-corrected chi connectivity index (χ2v) is 7.13. The number of nitrogens with zero attached hydrogens (tertiary/aromatic N) is 3. The molecule has 4 aromatic rings. The van der Waals surface area contributed by atoms with Crippen LogP contribution in [0.4, 0.5) is 10.1 Å². The van der Waals surface area contributed by atoms with Crippen molar-refractivity contribution in [1.82, 2.24) is 4.57 Å². The van der Waals surface area contributed by atoms with E-state index >= 15 is 0 Å². The van der Waals surface area contributed by atoms with Gasteiger partial charge in [-0.2, -0.15) is 0 Å². The van der Waals surface area contributed by atoms with Crippen LogP contribution in [0.1, 0.15) is 22.4 Å². The first-order chi connectivity index (χ1) is 15.0. The average molecular weight is 417 g/mol. The van der Waals surface area contributed by atoms with Crippen LogP contribution < -0.4 is 0 Å². The summed E-state index contributed by atoms with van der Waals surface area (Å²) in [5.41, 5.74) is 4.07. The van der Waals surface area contributed by atoms with Crippen LogP contribution >= 0.6 is 0 Å². The van der Waals surface area contributed by atoms with Crippen molar-refractivity contribution in [3.05, 3.63) is 111 Å². The smallest absolute Gasteiger partial charge is 0.269 e. The fourth-order valence-electron chi connectivity index (χ4n) is 3.58. The zero-order valence-electron chi connectivity index (χ0n) is 16.9. The Kier molecular flexibility index (Phi) is 5.75. The molecule has 0 atom stereocenters. The predicted octanol–water partition coefficient (Wildman–Crippen LogP) is 5.60. The van der Waals surface area contributed by atoms with E-state index in [0.29, 0.717) is 17.7 Å². The summed E-state index contributed by atoms with van der Waals surface area (Å²) < 4.78 is 16.3. The highest BCUT2D eigenvalue weighted by atomic mass is 19.1. The molecule has 0 saturated carbocycles. The Morgan fingerprint density at radius 1 is 1.10 bits per heavy atom. The highest BCUT2D eigenvalue weighted by Gasteiger charge is 2.14. The number of hydrogen-bond donors (Lipinski definition) is 0. The van der Waals surface area contributed by atoms with Crippen LogP contribution in [0.25, 0.3) is 10.9 Å². The van der Waals surface area contributed by atoms with Crippen molar-refractivity contribution < 1.29 is 14.2 Å². The minimum absolute atomic E-state index is 0.0112.